The highest BCUT2D eigenvalue weighted by Crippen LogP contribution is 2.09. The van der Waals surface area contributed by atoms with E-state index in [-0.39, 0.29) is 11.9 Å². The minimum absolute atomic E-state index is 0.128. The van der Waals surface area contributed by atoms with Gasteiger partial charge in [0.1, 0.15) is 0 Å². The minimum Gasteiger partial charge on any atom is -0.360 e. The fourth-order valence-electron chi connectivity index (χ4n) is 2.44. The lowest BCUT2D eigenvalue weighted by Crippen LogP contribution is -2.49. The molecule has 2 heterocycles. The van der Waals surface area contributed by atoms with Crippen molar-refractivity contribution in [2.24, 2.45) is 0 Å². The van der Waals surface area contributed by atoms with E-state index in [1.165, 1.54) is 0 Å². The first-order valence-electron chi connectivity index (χ1n) is 7.73. The SMILES string of the molecule is CCC(C)NC(=O)CN1CCN(Cc2cc(C)no2)CC1. The van der Waals surface area contributed by atoms with Crippen LogP contribution >= 0.6 is 0 Å². The second-order valence-electron chi connectivity index (χ2n) is 5.86. The molecule has 6 nitrogen and oxygen atoms in total. The summed E-state index contributed by atoms with van der Waals surface area (Å²) >= 11 is 0. The molecule has 1 atom stereocenters. The van der Waals surface area contributed by atoms with Crippen LogP contribution in [-0.2, 0) is 11.3 Å². The van der Waals surface area contributed by atoms with E-state index in [9.17, 15) is 4.79 Å². The lowest BCUT2D eigenvalue weighted by molar-refractivity contribution is -0.123. The Balaban J connectivity index is 1.69. The zero-order valence-corrected chi connectivity index (χ0v) is 13.3. The van der Waals surface area contributed by atoms with E-state index >= 15 is 0 Å². The number of amides is 1. The van der Waals surface area contributed by atoms with Crippen molar-refractivity contribution in [1.29, 1.82) is 0 Å². The van der Waals surface area contributed by atoms with Crippen LogP contribution < -0.4 is 5.32 Å². The smallest absolute Gasteiger partial charge is 0.234 e. The molecule has 0 bridgehead atoms. The number of hydrogen-bond donors (Lipinski definition) is 1. The van der Waals surface area contributed by atoms with Crippen LogP contribution in [0.2, 0.25) is 0 Å². The topological polar surface area (TPSA) is 61.6 Å². The molecule has 6 heteroatoms. The molecule has 1 aliphatic heterocycles. The van der Waals surface area contributed by atoms with Gasteiger partial charge in [-0.1, -0.05) is 12.1 Å². The summed E-state index contributed by atoms with van der Waals surface area (Å²) in [5, 5.41) is 6.92. The molecule has 0 radical (unpaired) electrons. The van der Waals surface area contributed by atoms with Gasteiger partial charge >= 0.3 is 0 Å². The fraction of sp³-hybridized carbons (Fsp3) is 0.733. The maximum Gasteiger partial charge on any atom is 0.234 e. The third kappa shape index (κ3) is 5.13. The molecule has 1 amide bonds. The number of piperazine rings is 1. The number of rotatable bonds is 6. The zero-order valence-electron chi connectivity index (χ0n) is 13.3. The van der Waals surface area contributed by atoms with Crippen molar-refractivity contribution in [3.05, 3.63) is 17.5 Å². The molecule has 1 N–H and O–H groups in total. The minimum atomic E-state index is 0.128. The summed E-state index contributed by atoms with van der Waals surface area (Å²) in [6, 6.07) is 2.24. The fourth-order valence-corrected chi connectivity index (χ4v) is 2.44. The Morgan fingerprint density at radius 3 is 2.62 bits per heavy atom. The highest BCUT2D eigenvalue weighted by molar-refractivity contribution is 5.78. The highest BCUT2D eigenvalue weighted by Gasteiger charge is 2.20. The van der Waals surface area contributed by atoms with Gasteiger partial charge < -0.3 is 9.84 Å². The molecular formula is C15H26N4O2. The van der Waals surface area contributed by atoms with Crippen molar-refractivity contribution in [2.75, 3.05) is 32.7 Å². The molecule has 1 aromatic heterocycles. The molecule has 0 saturated carbocycles. The van der Waals surface area contributed by atoms with Crippen molar-refractivity contribution < 1.29 is 9.32 Å². The van der Waals surface area contributed by atoms with Gasteiger partial charge in [-0.05, 0) is 20.3 Å². The Morgan fingerprint density at radius 1 is 1.38 bits per heavy atom. The van der Waals surface area contributed by atoms with Crippen molar-refractivity contribution in [2.45, 2.75) is 39.8 Å². The largest absolute Gasteiger partial charge is 0.360 e. The van der Waals surface area contributed by atoms with Crippen LogP contribution in [0.1, 0.15) is 31.7 Å². The van der Waals surface area contributed by atoms with E-state index in [1.807, 2.05) is 19.9 Å². The van der Waals surface area contributed by atoms with Gasteiger partial charge in [-0.3, -0.25) is 14.6 Å². The molecule has 2 rings (SSSR count). The van der Waals surface area contributed by atoms with Gasteiger partial charge in [0.25, 0.3) is 0 Å². The van der Waals surface area contributed by atoms with E-state index < -0.39 is 0 Å². The molecule has 1 aliphatic rings. The molecule has 1 aromatic rings. The van der Waals surface area contributed by atoms with Gasteiger partial charge in [0, 0.05) is 38.3 Å². The summed E-state index contributed by atoms with van der Waals surface area (Å²) in [7, 11) is 0. The average molecular weight is 294 g/mol. The molecule has 1 unspecified atom stereocenters. The summed E-state index contributed by atoms with van der Waals surface area (Å²) in [6.45, 7) is 11.1. The molecule has 21 heavy (non-hydrogen) atoms. The van der Waals surface area contributed by atoms with Crippen molar-refractivity contribution >= 4 is 5.91 Å². The first kappa shape index (κ1) is 16.0. The van der Waals surface area contributed by atoms with Crippen LogP contribution in [0.5, 0.6) is 0 Å². The normalized spacial score (nSPS) is 18.6. The summed E-state index contributed by atoms with van der Waals surface area (Å²) in [4.78, 5) is 16.4. The predicted molar refractivity (Wildman–Crippen MR) is 80.9 cm³/mol. The Labute approximate surface area is 126 Å². The van der Waals surface area contributed by atoms with Gasteiger partial charge in [-0.25, -0.2) is 0 Å². The predicted octanol–water partition coefficient (Wildman–Crippen LogP) is 1.02. The van der Waals surface area contributed by atoms with E-state index in [0.29, 0.717) is 6.54 Å². The molecular weight excluding hydrogens is 268 g/mol. The van der Waals surface area contributed by atoms with Crippen LogP contribution in [0.25, 0.3) is 0 Å². The molecule has 1 fully saturated rings. The van der Waals surface area contributed by atoms with Crippen molar-refractivity contribution in [3.63, 3.8) is 0 Å². The lowest BCUT2D eigenvalue weighted by Gasteiger charge is -2.33. The van der Waals surface area contributed by atoms with Gasteiger partial charge in [0.15, 0.2) is 5.76 Å². The molecule has 0 aliphatic carbocycles. The van der Waals surface area contributed by atoms with E-state index in [4.69, 9.17) is 4.52 Å². The molecule has 0 aromatic carbocycles. The Kier molecular flexibility index (Phi) is 5.76. The van der Waals surface area contributed by atoms with Crippen LogP contribution in [0, 0.1) is 6.92 Å². The monoisotopic (exact) mass is 294 g/mol. The van der Waals surface area contributed by atoms with E-state index in [0.717, 1.165) is 50.6 Å². The highest BCUT2D eigenvalue weighted by atomic mass is 16.5. The zero-order chi connectivity index (χ0) is 15.2. The first-order valence-corrected chi connectivity index (χ1v) is 7.73. The Morgan fingerprint density at radius 2 is 2.05 bits per heavy atom. The number of hydrogen-bond acceptors (Lipinski definition) is 5. The number of aryl methyl sites for hydroxylation is 1. The van der Waals surface area contributed by atoms with Gasteiger partial charge in [0.2, 0.25) is 5.91 Å². The van der Waals surface area contributed by atoms with Crippen LogP contribution in [0.3, 0.4) is 0 Å². The quantitative estimate of drug-likeness (QED) is 0.848. The maximum atomic E-state index is 11.9. The second-order valence-corrected chi connectivity index (χ2v) is 5.86. The number of carbonyl (C=O) groups is 1. The Hall–Kier alpha value is -1.40. The molecule has 1 saturated heterocycles. The third-order valence-corrected chi connectivity index (χ3v) is 3.91. The van der Waals surface area contributed by atoms with E-state index in [1.54, 1.807) is 0 Å². The van der Waals surface area contributed by atoms with E-state index in [2.05, 4.69) is 27.2 Å². The number of aromatic nitrogens is 1. The van der Waals surface area contributed by atoms with Gasteiger partial charge in [-0.2, -0.15) is 0 Å². The van der Waals surface area contributed by atoms with Crippen LogP contribution in [0.15, 0.2) is 10.6 Å². The molecule has 118 valence electrons. The number of nitrogens with one attached hydrogen (secondary N) is 1. The third-order valence-electron chi connectivity index (χ3n) is 3.91. The average Bonchev–Trinajstić information content (AvgIpc) is 2.86. The maximum absolute atomic E-state index is 11.9. The van der Waals surface area contributed by atoms with Gasteiger partial charge in [-0.15, -0.1) is 0 Å². The lowest BCUT2D eigenvalue weighted by atomic mass is 10.2. The second kappa shape index (κ2) is 7.56. The van der Waals surface area contributed by atoms with Crippen LogP contribution in [0.4, 0.5) is 0 Å². The summed E-state index contributed by atoms with van der Waals surface area (Å²) in [5.74, 6) is 1.04. The Bertz CT molecular complexity index is 452. The summed E-state index contributed by atoms with van der Waals surface area (Å²) in [6.07, 6.45) is 0.968. The number of nitrogens with zero attached hydrogens (tertiary/aromatic N) is 3. The van der Waals surface area contributed by atoms with Crippen LogP contribution in [-0.4, -0.2) is 59.6 Å². The number of carbonyl (C=O) groups excluding carboxylic acids is 1. The summed E-state index contributed by atoms with van der Waals surface area (Å²) < 4.78 is 5.25. The molecule has 0 spiro atoms. The van der Waals surface area contributed by atoms with Gasteiger partial charge in [0.05, 0.1) is 18.8 Å². The standard InChI is InChI=1S/C15H26N4O2/c1-4-12(2)16-15(20)11-19-7-5-18(6-8-19)10-14-9-13(3)17-21-14/h9,12H,4-8,10-11H2,1-3H3,(H,16,20). The van der Waals surface area contributed by atoms with Crippen molar-refractivity contribution in [1.82, 2.24) is 20.3 Å². The van der Waals surface area contributed by atoms with Crippen molar-refractivity contribution in [3.8, 4) is 0 Å². The first-order chi connectivity index (χ1) is 10.1. The summed E-state index contributed by atoms with van der Waals surface area (Å²) in [5.41, 5.74) is 0.922.